The Balaban J connectivity index is 1.83. The molecule has 4 nitrogen and oxygen atoms in total. The van der Waals surface area contributed by atoms with E-state index in [1.807, 2.05) is 0 Å². The Labute approximate surface area is 163 Å². The second-order valence-corrected chi connectivity index (χ2v) is 8.65. The van der Waals surface area contributed by atoms with Crippen molar-refractivity contribution in [3.05, 3.63) is 35.0 Å². The number of anilines is 1. The minimum atomic E-state index is 0.305. The maximum atomic E-state index is 5.63. The summed E-state index contributed by atoms with van der Waals surface area (Å²) in [7, 11) is 3.89. The molecule has 0 spiro atoms. The van der Waals surface area contributed by atoms with Gasteiger partial charge in [0.15, 0.2) is 0 Å². The summed E-state index contributed by atoms with van der Waals surface area (Å²) in [5, 5.41) is 0. The van der Waals surface area contributed by atoms with Crippen LogP contribution in [-0.4, -0.2) is 30.2 Å². The third kappa shape index (κ3) is 2.49. The second-order valence-electron chi connectivity index (χ2n) is 8.65. The fourth-order valence-corrected chi connectivity index (χ4v) is 4.94. The topological polar surface area (TPSA) is 38.2 Å². The monoisotopic (exact) mass is 365 g/mol. The second kappa shape index (κ2) is 6.22. The van der Waals surface area contributed by atoms with E-state index in [4.69, 9.17) is 14.7 Å². The van der Waals surface area contributed by atoms with Gasteiger partial charge in [-0.15, -0.1) is 0 Å². The molecule has 0 radical (unpaired) electrons. The van der Waals surface area contributed by atoms with Crippen molar-refractivity contribution in [2.24, 2.45) is 5.92 Å². The Bertz CT molecular complexity index is 891. The van der Waals surface area contributed by atoms with Gasteiger partial charge >= 0.3 is 0 Å². The molecule has 2 aliphatic rings. The van der Waals surface area contributed by atoms with Crippen LogP contribution in [0, 0.1) is 12.8 Å². The summed E-state index contributed by atoms with van der Waals surface area (Å²) in [5.74, 6) is 2.86. The van der Waals surface area contributed by atoms with Gasteiger partial charge in [-0.1, -0.05) is 34.1 Å². The van der Waals surface area contributed by atoms with Crippen LogP contribution in [0.25, 0.3) is 11.3 Å². The van der Waals surface area contributed by atoms with E-state index < -0.39 is 0 Å². The van der Waals surface area contributed by atoms with Crippen molar-refractivity contribution >= 4 is 5.82 Å². The Hall–Kier alpha value is -2.10. The number of hydrogen-bond acceptors (Lipinski definition) is 4. The van der Waals surface area contributed by atoms with E-state index in [2.05, 4.69) is 64.8 Å². The highest BCUT2D eigenvalue weighted by molar-refractivity contribution is 5.75. The number of rotatable bonds is 5. The molecule has 1 aliphatic heterocycles. The van der Waals surface area contributed by atoms with Crippen molar-refractivity contribution in [1.82, 2.24) is 9.97 Å². The average molecular weight is 366 g/mol. The standard InChI is InChI=1S/C23H31N3O/c1-8-15(5)23-12-19(23)26(6)21-17(23)11-14(4)20(25-21)16-9-10-18(13(2)3)24-22(16)27-7/h9-11,13,15,19H,8,12H2,1-7H3. The van der Waals surface area contributed by atoms with Gasteiger partial charge in [-0.3, -0.25) is 0 Å². The van der Waals surface area contributed by atoms with Crippen LogP contribution < -0.4 is 9.64 Å². The Kier molecular flexibility index (Phi) is 4.21. The molecule has 0 amide bonds. The number of fused-ring (bicyclic) bond motifs is 3. The summed E-state index contributed by atoms with van der Waals surface area (Å²) in [5.41, 5.74) is 5.96. The molecule has 3 heterocycles. The summed E-state index contributed by atoms with van der Waals surface area (Å²) in [4.78, 5) is 12.3. The summed E-state index contributed by atoms with van der Waals surface area (Å²) < 4.78 is 5.63. The van der Waals surface area contributed by atoms with Gasteiger partial charge in [-0.05, 0) is 48.9 Å². The van der Waals surface area contributed by atoms with E-state index in [-0.39, 0.29) is 0 Å². The zero-order valence-corrected chi connectivity index (χ0v) is 17.6. The fourth-order valence-electron chi connectivity index (χ4n) is 4.94. The van der Waals surface area contributed by atoms with Crippen LogP contribution >= 0.6 is 0 Å². The minimum Gasteiger partial charge on any atom is -0.480 e. The molecule has 3 unspecified atom stereocenters. The van der Waals surface area contributed by atoms with Crippen LogP contribution in [0.3, 0.4) is 0 Å². The molecule has 0 N–H and O–H groups in total. The Morgan fingerprint density at radius 3 is 2.63 bits per heavy atom. The first-order valence-corrected chi connectivity index (χ1v) is 10.1. The number of methoxy groups -OCH3 is 1. The quantitative estimate of drug-likeness (QED) is 0.740. The third-order valence-corrected chi connectivity index (χ3v) is 6.88. The molecule has 0 saturated heterocycles. The lowest BCUT2D eigenvalue weighted by Gasteiger charge is -2.22. The normalized spacial score (nSPS) is 24.0. The van der Waals surface area contributed by atoms with Crippen molar-refractivity contribution < 1.29 is 4.74 Å². The van der Waals surface area contributed by atoms with Crippen molar-refractivity contribution in [1.29, 1.82) is 0 Å². The number of ether oxygens (including phenoxy) is 1. The highest BCUT2D eigenvalue weighted by Gasteiger charge is 2.65. The molecule has 1 saturated carbocycles. The SMILES string of the molecule is CCC(C)C12CC1N(C)c1nc(-c3ccc(C(C)C)nc3OC)c(C)cc12. The lowest BCUT2D eigenvalue weighted by atomic mass is 9.82. The van der Waals surface area contributed by atoms with E-state index in [0.717, 1.165) is 22.8 Å². The zero-order chi connectivity index (χ0) is 19.5. The van der Waals surface area contributed by atoms with Gasteiger partial charge in [-0.25, -0.2) is 9.97 Å². The number of hydrogen-bond donors (Lipinski definition) is 0. The first-order chi connectivity index (χ1) is 12.8. The van der Waals surface area contributed by atoms with E-state index >= 15 is 0 Å². The lowest BCUT2D eigenvalue weighted by molar-refractivity contribution is 0.397. The molecule has 2 aromatic heterocycles. The number of likely N-dealkylation sites (N-methyl/N-ethyl adjacent to an activating group) is 1. The Morgan fingerprint density at radius 1 is 1.26 bits per heavy atom. The zero-order valence-electron chi connectivity index (χ0n) is 17.6. The minimum absolute atomic E-state index is 0.305. The van der Waals surface area contributed by atoms with Crippen LogP contribution in [0.4, 0.5) is 5.82 Å². The Morgan fingerprint density at radius 2 is 2.00 bits per heavy atom. The van der Waals surface area contributed by atoms with Crippen molar-refractivity contribution in [3.63, 3.8) is 0 Å². The van der Waals surface area contributed by atoms with Gasteiger partial charge in [-0.2, -0.15) is 0 Å². The highest BCUT2D eigenvalue weighted by Crippen LogP contribution is 2.64. The van der Waals surface area contributed by atoms with Crippen molar-refractivity contribution in [2.75, 3.05) is 19.1 Å². The molecule has 4 rings (SSSR count). The van der Waals surface area contributed by atoms with Gasteiger partial charge in [0.05, 0.1) is 18.4 Å². The first-order valence-electron chi connectivity index (χ1n) is 10.1. The molecule has 1 aliphatic carbocycles. The smallest absolute Gasteiger partial charge is 0.222 e. The predicted octanol–water partition coefficient (Wildman–Crippen LogP) is 5.09. The maximum Gasteiger partial charge on any atom is 0.222 e. The molecule has 3 atom stereocenters. The molecular weight excluding hydrogens is 334 g/mol. The lowest BCUT2D eigenvalue weighted by Crippen LogP contribution is -2.23. The van der Waals surface area contributed by atoms with Crippen LogP contribution in [0.5, 0.6) is 5.88 Å². The van der Waals surface area contributed by atoms with E-state index in [9.17, 15) is 0 Å². The molecule has 27 heavy (non-hydrogen) atoms. The van der Waals surface area contributed by atoms with Gasteiger partial charge < -0.3 is 9.64 Å². The van der Waals surface area contributed by atoms with E-state index in [1.54, 1.807) is 7.11 Å². The van der Waals surface area contributed by atoms with Gasteiger partial charge in [0.2, 0.25) is 5.88 Å². The highest BCUT2D eigenvalue weighted by atomic mass is 16.5. The van der Waals surface area contributed by atoms with Gasteiger partial charge in [0.25, 0.3) is 0 Å². The number of aryl methyl sites for hydroxylation is 1. The van der Waals surface area contributed by atoms with E-state index in [1.165, 1.54) is 24.0 Å². The molecular formula is C23H31N3O. The largest absolute Gasteiger partial charge is 0.480 e. The fraction of sp³-hybridized carbons (Fsp3) is 0.565. The van der Waals surface area contributed by atoms with Crippen LogP contribution in [0.2, 0.25) is 0 Å². The summed E-state index contributed by atoms with van der Waals surface area (Å²) in [6, 6.07) is 7.19. The molecule has 1 fully saturated rings. The van der Waals surface area contributed by atoms with Gasteiger partial charge in [0, 0.05) is 29.8 Å². The summed E-state index contributed by atoms with van der Waals surface area (Å²) in [6.45, 7) is 11.2. The molecule has 2 aromatic rings. The molecule has 4 heteroatoms. The van der Waals surface area contributed by atoms with Crippen LogP contribution in [0.1, 0.15) is 63.3 Å². The third-order valence-electron chi connectivity index (χ3n) is 6.88. The maximum absolute atomic E-state index is 5.63. The van der Waals surface area contributed by atoms with E-state index in [0.29, 0.717) is 29.2 Å². The first kappa shape index (κ1) is 18.3. The molecule has 0 bridgehead atoms. The van der Waals surface area contributed by atoms with Crippen molar-refractivity contribution in [3.8, 4) is 17.1 Å². The molecule has 144 valence electrons. The van der Waals surface area contributed by atoms with Crippen LogP contribution in [0.15, 0.2) is 18.2 Å². The summed E-state index contributed by atoms with van der Waals surface area (Å²) >= 11 is 0. The average Bonchev–Trinajstić information content (AvgIpc) is 3.38. The number of nitrogens with zero attached hydrogens (tertiary/aromatic N) is 3. The molecule has 0 aromatic carbocycles. The predicted molar refractivity (Wildman–Crippen MR) is 111 cm³/mol. The van der Waals surface area contributed by atoms with Crippen molar-refractivity contribution in [2.45, 2.75) is 64.8 Å². The number of pyridine rings is 2. The summed E-state index contributed by atoms with van der Waals surface area (Å²) in [6.07, 6.45) is 2.47. The van der Waals surface area contributed by atoms with Crippen LogP contribution in [-0.2, 0) is 5.41 Å². The van der Waals surface area contributed by atoms with Gasteiger partial charge in [0.1, 0.15) is 5.82 Å². The number of aromatic nitrogens is 2.